The van der Waals surface area contributed by atoms with Gasteiger partial charge < -0.3 is 5.73 Å². The summed E-state index contributed by atoms with van der Waals surface area (Å²) in [5.74, 6) is 0. The molecule has 4 nitrogen and oxygen atoms in total. The van der Waals surface area contributed by atoms with Crippen LogP contribution in [0.4, 0.5) is 4.79 Å². The van der Waals surface area contributed by atoms with Gasteiger partial charge in [-0.05, 0) is 19.4 Å². The number of hydrazone groups is 1. The van der Waals surface area contributed by atoms with E-state index in [-0.39, 0.29) is 0 Å². The lowest BCUT2D eigenvalue weighted by Gasteiger charge is -1.93. The Bertz CT molecular complexity index is 209. The van der Waals surface area contributed by atoms with Crippen LogP contribution in [0, 0.1) is 0 Å². The molecule has 74 valence electrons. The van der Waals surface area contributed by atoms with Crippen molar-refractivity contribution in [1.82, 2.24) is 5.43 Å². The van der Waals surface area contributed by atoms with Crippen molar-refractivity contribution in [3.8, 4) is 0 Å². The van der Waals surface area contributed by atoms with E-state index in [9.17, 15) is 4.79 Å². The van der Waals surface area contributed by atoms with Crippen molar-refractivity contribution in [2.45, 2.75) is 33.1 Å². The number of nitrogens with two attached hydrogens (primary N) is 1. The molecule has 0 radical (unpaired) electrons. The van der Waals surface area contributed by atoms with E-state index in [1.165, 1.54) is 12.8 Å². The van der Waals surface area contributed by atoms with Crippen molar-refractivity contribution in [2.24, 2.45) is 10.8 Å². The molecule has 0 bridgehead atoms. The molecule has 4 heteroatoms. The Morgan fingerprint density at radius 1 is 1.62 bits per heavy atom. The van der Waals surface area contributed by atoms with E-state index < -0.39 is 6.03 Å². The lowest BCUT2D eigenvalue weighted by molar-refractivity contribution is 0.249. The van der Waals surface area contributed by atoms with Gasteiger partial charge in [-0.15, -0.1) is 0 Å². The van der Waals surface area contributed by atoms with Gasteiger partial charge in [0.05, 0.1) is 5.71 Å². The molecule has 0 aliphatic heterocycles. The van der Waals surface area contributed by atoms with E-state index >= 15 is 0 Å². The molecule has 0 aromatic rings. The highest BCUT2D eigenvalue weighted by Crippen LogP contribution is 1.94. The smallest absolute Gasteiger partial charge is 0.332 e. The number of hydrogen-bond donors (Lipinski definition) is 2. The van der Waals surface area contributed by atoms with E-state index in [1.54, 1.807) is 6.92 Å². The lowest BCUT2D eigenvalue weighted by atomic mass is 10.2. The van der Waals surface area contributed by atoms with Crippen molar-refractivity contribution >= 4 is 11.7 Å². The number of nitrogens with zero attached hydrogens (tertiary/aromatic N) is 1. The molecule has 0 aliphatic carbocycles. The van der Waals surface area contributed by atoms with Crippen molar-refractivity contribution in [2.75, 3.05) is 0 Å². The van der Waals surface area contributed by atoms with Crippen molar-refractivity contribution in [1.29, 1.82) is 0 Å². The molecular formula is C9H17N3O. The van der Waals surface area contributed by atoms with Gasteiger partial charge in [0.25, 0.3) is 0 Å². The van der Waals surface area contributed by atoms with E-state index in [0.29, 0.717) is 0 Å². The molecule has 0 saturated carbocycles. The zero-order valence-electron chi connectivity index (χ0n) is 8.21. The second kappa shape index (κ2) is 7.34. The fourth-order valence-electron chi connectivity index (χ4n) is 0.756. The number of rotatable bonds is 5. The zero-order chi connectivity index (χ0) is 10.1. The lowest BCUT2D eigenvalue weighted by Crippen LogP contribution is -2.25. The summed E-state index contributed by atoms with van der Waals surface area (Å²) in [4.78, 5) is 10.3. The maximum absolute atomic E-state index is 10.3. The van der Waals surface area contributed by atoms with Crippen LogP contribution in [0.25, 0.3) is 0 Å². The van der Waals surface area contributed by atoms with Crippen LogP contribution < -0.4 is 11.2 Å². The second-order valence-electron chi connectivity index (χ2n) is 2.77. The summed E-state index contributed by atoms with van der Waals surface area (Å²) in [6, 6.07) is -0.638. The maximum Gasteiger partial charge on any atom is 0.332 e. The van der Waals surface area contributed by atoms with Gasteiger partial charge >= 0.3 is 6.03 Å². The summed E-state index contributed by atoms with van der Waals surface area (Å²) >= 11 is 0. The first-order valence-electron chi connectivity index (χ1n) is 4.43. The van der Waals surface area contributed by atoms with Crippen LogP contribution in [0.15, 0.2) is 17.3 Å². The highest BCUT2D eigenvalue weighted by atomic mass is 16.2. The number of amides is 2. The molecule has 3 N–H and O–H groups in total. The highest BCUT2D eigenvalue weighted by molar-refractivity contribution is 5.93. The van der Waals surface area contributed by atoms with E-state index in [4.69, 9.17) is 5.73 Å². The Hall–Kier alpha value is -1.32. The van der Waals surface area contributed by atoms with Crippen LogP contribution in [0.2, 0.25) is 0 Å². The number of primary amides is 1. The molecule has 0 aromatic heterocycles. The van der Waals surface area contributed by atoms with E-state index in [2.05, 4.69) is 17.5 Å². The van der Waals surface area contributed by atoms with Crippen molar-refractivity contribution < 1.29 is 4.79 Å². The van der Waals surface area contributed by atoms with Crippen LogP contribution in [0.3, 0.4) is 0 Å². The summed E-state index contributed by atoms with van der Waals surface area (Å²) in [6.45, 7) is 3.95. The predicted octanol–water partition coefficient (Wildman–Crippen LogP) is 1.78. The Morgan fingerprint density at radius 3 is 2.85 bits per heavy atom. The molecule has 0 rings (SSSR count). The molecule has 0 aliphatic rings. The second-order valence-corrected chi connectivity index (χ2v) is 2.77. The molecule has 0 atom stereocenters. The third-order valence-corrected chi connectivity index (χ3v) is 1.43. The summed E-state index contributed by atoms with van der Waals surface area (Å²) in [5, 5.41) is 3.73. The molecular weight excluding hydrogens is 166 g/mol. The number of carbonyl (C=O) groups is 1. The molecule has 0 heterocycles. The Morgan fingerprint density at radius 2 is 2.31 bits per heavy atom. The number of nitrogens with one attached hydrogen (secondary N) is 1. The maximum atomic E-state index is 10.3. The van der Waals surface area contributed by atoms with Crippen LogP contribution in [0.1, 0.15) is 33.1 Å². The molecule has 0 spiro atoms. The highest BCUT2D eigenvalue weighted by Gasteiger charge is 1.87. The van der Waals surface area contributed by atoms with Gasteiger partial charge in [0.15, 0.2) is 0 Å². The topological polar surface area (TPSA) is 67.5 Å². The van der Waals surface area contributed by atoms with Gasteiger partial charge in [0.1, 0.15) is 0 Å². The average molecular weight is 183 g/mol. The molecule has 0 unspecified atom stereocenters. The molecule has 0 aromatic carbocycles. The molecule has 2 amide bonds. The third-order valence-electron chi connectivity index (χ3n) is 1.43. The first kappa shape index (κ1) is 11.7. The SMILES string of the molecule is CCCCC=CC(C)=NNC(N)=O. The summed E-state index contributed by atoms with van der Waals surface area (Å²) in [6.07, 6.45) is 7.30. The third kappa shape index (κ3) is 8.59. The molecule has 0 saturated heterocycles. The summed E-state index contributed by atoms with van der Waals surface area (Å²) in [5.41, 5.74) is 7.74. The normalized spacial score (nSPS) is 12.0. The van der Waals surface area contributed by atoms with Crippen LogP contribution in [-0.2, 0) is 0 Å². The molecule has 0 fully saturated rings. The minimum atomic E-state index is -0.638. The van der Waals surface area contributed by atoms with Crippen molar-refractivity contribution in [3.05, 3.63) is 12.2 Å². The fraction of sp³-hybridized carbons (Fsp3) is 0.556. The van der Waals surface area contributed by atoms with Gasteiger partial charge in [-0.25, -0.2) is 10.2 Å². The van der Waals surface area contributed by atoms with Gasteiger partial charge in [-0.2, -0.15) is 5.10 Å². The summed E-state index contributed by atoms with van der Waals surface area (Å²) < 4.78 is 0. The first-order valence-corrected chi connectivity index (χ1v) is 4.43. The quantitative estimate of drug-likeness (QED) is 0.381. The standard InChI is InChI=1S/C9H17N3O/c1-3-4-5-6-7-8(2)11-12-9(10)13/h6-7H,3-5H2,1-2H3,(H3,10,12,13). The van der Waals surface area contributed by atoms with E-state index in [0.717, 1.165) is 12.1 Å². The largest absolute Gasteiger partial charge is 0.350 e. The van der Waals surface area contributed by atoms with Crippen molar-refractivity contribution in [3.63, 3.8) is 0 Å². The van der Waals surface area contributed by atoms with E-state index in [1.807, 2.05) is 12.2 Å². The van der Waals surface area contributed by atoms with Gasteiger partial charge in [0, 0.05) is 0 Å². The monoisotopic (exact) mass is 183 g/mol. The predicted molar refractivity (Wildman–Crippen MR) is 54.5 cm³/mol. The number of urea groups is 1. The number of allylic oxidation sites excluding steroid dienone is 2. The van der Waals surface area contributed by atoms with Gasteiger partial charge in [-0.1, -0.05) is 25.8 Å². The van der Waals surface area contributed by atoms with Gasteiger partial charge in [-0.3, -0.25) is 0 Å². The minimum absolute atomic E-state index is 0.638. The minimum Gasteiger partial charge on any atom is -0.350 e. The first-order chi connectivity index (χ1) is 6.16. The molecule has 13 heavy (non-hydrogen) atoms. The number of unbranched alkanes of at least 4 members (excludes halogenated alkanes) is 2. The zero-order valence-corrected chi connectivity index (χ0v) is 8.21. The van der Waals surface area contributed by atoms with Crippen LogP contribution in [-0.4, -0.2) is 11.7 Å². The Balaban J connectivity index is 3.70. The average Bonchev–Trinajstić information content (AvgIpc) is 2.09. The number of carbonyl (C=O) groups excluding carboxylic acids is 1. The summed E-state index contributed by atoms with van der Waals surface area (Å²) in [7, 11) is 0. The van der Waals surface area contributed by atoms with Crippen LogP contribution in [0.5, 0.6) is 0 Å². The number of hydrogen-bond acceptors (Lipinski definition) is 2. The Labute approximate surface area is 78.9 Å². The Kier molecular flexibility index (Phi) is 6.59. The van der Waals surface area contributed by atoms with Crippen LogP contribution >= 0.6 is 0 Å². The van der Waals surface area contributed by atoms with Gasteiger partial charge in [0.2, 0.25) is 0 Å². The fourth-order valence-corrected chi connectivity index (χ4v) is 0.756.